The first-order valence-electron chi connectivity index (χ1n) is 45.7. The smallest absolute Gasteiger partial charge is 0.406 e. The van der Waals surface area contributed by atoms with E-state index >= 15 is 0 Å². The van der Waals surface area contributed by atoms with E-state index in [9.17, 15) is 28.8 Å². The van der Waals surface area contributed by atoms with Crippen molar-refractivity contribution in [2.24, 2.45) is 25.7 Å². The highest BCUT2D eigenvalue weighted by molar-refractivity contribution is 5.74. The zero-order valence-corrected chi connectivity index (χ0v) is 91.1. The number of benzene rings is 14. The summed E-state index contributed by atoms with van der Waals surface area (Å²) in [5, 5.41) is 37.4. The number of urea groups is 4. The van der Waals surface area contributed by atoms with E-state index in [-0.39, 0.29) is 24.1 Å². The lowest BCUT2D eigenvalue weighted by Gasteiger charge is -1.91. The average Bonchev–Trinajstić information content (AvgIpc) is 1.12. The molecule has 14 aromatic carbocycles. The minimum absolute atomic E-state index is 0.157. The third kappa shape index (κ3) is 234. The zero-order chi connectivity index (χ0) is 114. The number of aliphatic imine (C=N–C) groups is 4. The van der Waals surface area contributed by atoms with Gasteiger partial charge in [-0.3, -0.25) is 0 Å². The molecule has 0 aromatic heterocycles. The van der Waals surface area contributed by atoms with Gasteiger partial charge >= 0.3 is 36.3 Å². The first-order chi connectivity index (χ1) is 72.3. The molecule has 0 atom stereocenters. The van der Waals surface area contributed by atoms with E-state index in [1.54, 1.807) is 56.4 Å². The first-order valence-corrected chi connectivity index (χ1v) is 45.7. The highest BCUT2D eigenvalue weighted by Gasteiger charge is 1.87. The third-order valence-electron chi connectivity index (χ3n) is 12.3. The van der Waals surface area contributed by atoms with Crippen LogP contribution in [-0.2, 0) is 28.7 Å². The fourth-order valence-corrected chi connectivity index (χ4v) is 6.09. The summed E-state index contributed by atoms with van der Waals surface area (Å²) in [4.78, 5) is 107. The number of hydrogen-bond acceptors (Lipinski definition) is 19. The van der Waals surface area contributed by atoms with Crippen LogP contribution in [0.25, 0.3) is 0 Å². The maximum atomic E-state index is 9.96. The van der Waals surface area contributed by atoms with Crippen molar-refractivity contribution in [1.29, 1.82) is 0 Å². The summed E-state index contributed by atoms with van der Waals surface area (Å²) in [5.74, 6) is 0. The molecule has 0 aliphatic heterocycles. The van der Waals surface area contributed by atoms with Gasteiger partial charge in [0.2, 0.25) is 24.3 Å². The van der Waals surface area contributed by atoms with Gasteiger partial charge in [0.1, 0.15) is 0 Å². The van der Waals surface area contributed by atoms with Gasteiger partial charge in [0.25, 0.3) is 0 Å². The number of nitrogens with one attached hydrogen (secondary N) is 10. The van der Waals surface area contributed by atoms with Crippen molar-refractivity contribution in [3.63, 3.8) is 0 Å². The Morgan fingerprint density at radius 2 is 0.230 bits per heavy atom. The minimum atomic E-state index is -0.407. The fourth-order valence-electron chi connectivity index (χ4n) is 6.09. The van der Waals surface area contributed by atoms with Gasteiger partial charge in [-0.05, 0) is 7.05 Å². The maximum Gasteiger partial charge on any atom is 0.406 e. The summed E-state index contributed by atoms with van der Waals surface area (Å²) in [6.07, 6.45) is 6.91. The maximum absolute atomic E-state index is 9.96. The van der Waals surface area contributed by atoms with Crippen molar-refractivity contribution in [1.82, 2.24) is 53.2 Å². The molecule has 14 N–H and O–H groups in total. The Hall–Kier alpha value is -17.9. The molecule has 0 bridgehead atoms. The molecular weight excluding hydrogens is 1860 g/mol. The number of alkyl carbamates (subject to hydrolysis) is 2. The van der Waals surface area contributed by atoms with Crippen LogP contribution in [0.3, 0.4) is 0 Å². The highest BCUT2D eigenvalue weighted by atomic mass is 16.5. The Morgan fingerprint density at radius 3 is 0.236 bits per heavy atom. The first kappa shape index (κ1) is 164. The molecule has 0 saturated carbocycles. The lowest BCUT2D eigenvalue weighted by molar-refractivity contribution is 0.172. The molecule has 14 aromatic rings. The number of carbonyl (C=O) groups is 6. The van der Waals surface area contributed by atoms with Crippen LogP contribution in [0.5, 0.6) is 0 Å². The number of methoxy groups -OCH3 is 2. The van der Waals surface area contributed by atoms with Crippen LogP contribution in [0.15, 0.2) is 530 Å². The predicted octanol–water partition coefficient (Wildman–Crippen LogP) is 23.2. The van der Waals surface area contributed by atoms with Crippen molar-refractivity contribution < 1.29 is 67.6 Å². The van der Waals surface area contributed by atoms with Crippen molar-refractivity contribution in [2.75, 3.05) is 134 Å². The number of nitrogens with two attached hydrogens (primary N) is 1. The topological polar surface area (TPSA) is 425 Å². The molecule has 14 rings (SSSR count). The van der Waals surface area contributed by atoms with Crippen LogP contribution >= 0.6 is 0 Å². The van der Waals surface area contributed by atoms with Gasteiger partial charge in [-0.1, -0.05) is 550 Å². The molecule has 0 spiro atoms. The van der Waals surface area contributed by atoms with E-state index in [0.717, 1.165) is 14.2 Å². The van der Waals surface area contributed by atoms with Crippen LogP contribution in [0.1, 0.15) is 40.5 Å². The molecule has 148 heavy (non-hydrogen) atoms. The molecule has 0 aliphatic rings. The van der Waals surface area contributed by atoms with Crippen LogP contribution in [0.4, 0.5) is 28.8 Å². The molecule has 0 heterocycles. The summed E-state index contributed by atoms with van der Waals surface area (Å²) in [6, 6.07) is 167. The number of hydrogen-bond donors (Lipinski definition) is 13. The van der Waals surface area contributed by atoms with Gasteiger partial charge in [0.15, 0.2) is 0 Å². The average molecular weight is 2040 g/mol. The summed E-state index contributed by atoms with van der Waals surface area (Å²) in [6.45, 7) is 8.50. The van der Waals surface area contributed by atoms with Crippen LogP contribution < -0.4 is 58.9 Å². The van der Waals surface area contributed by atoms with E-state index in [2.05, 4.69) is 116 Å². The second kappa shape index (κ2) is 188. The number of ether oxygens (including phenoxy) is 2. The molecule has 29 heteroatoms. The Morgan fingerprint density at radius 1 is 0.182 bits per heavy atom. The van der Waals surface area contributed by atoms with Gasteiger partial charge < -0.3 is 78.6 Å². The minimum Gasteiger partial charge on any atom is -0.453 e. The van der Waals surface area contributed by atoms with Crippen molar-refractivity contribution in [3.05, 3.63) is 510 Å². The summed E-state index contributed by atoms with van der Waals surface area (Å²) < 4.78 is 8.30. The standard InChI is InChI=1S/14C6H6.4C3H8N2O.2C3H7NO2.2C3H8.4C2H3NO.CH5N.2CH4O/c14*1-2-4-6-5-3-1;4*1-4-3(6)5-2;2*1-4-3(5)6-2;2*1-3-2;4*1-3-2-4;3*1-2/h14*1-6H;4*1-2H3,(H2,4,5,6);2*1-2H3,(H,4,5);2*3H2,1-2H3;4*1H3;2H2,1H3;2*2H,1H3. The summed E-state index contributed by atoms with van der Waals surface area (Å²) >= 11 is 0. The van der Waals surface area contributed by atoms with Gasteiger partial charge in [-0.2, -0.15) is 0 Å². The van der Waals surface area contributed by atoms with E-state index in [4.69, 9.17) is 29.4 Å². The Kier molecular flexibility index (Phi) is 208. The molecular formula is C119H171N15O14. The van der Waals surface area contributed by atoms with Crippen molar-refractivity contribution in [2.45, 2.75) is 40.5 Å². The SMILES string of the molecule is CCC.CCC.CN.CN=C=O.CN=C=O.CN=C=O.CN=C=O.CNC(=O)NC.CNC(=O)NC.CNC(=O)NC.CNC(=O)NC.CNC(=O)OC.CNC(=O)OC.CO.CO.c1ccccc1.c1ccccc1.c1ccccc1.c1ccccc1.c1ccccc1.c1ccccc1.c1ccccc1.c1ccccc1.c1ccccc1.c1ccccc1.c1ccccc1.c1ccccc1.c1ccccc1.c1ccccc1. The number of rotatable bonds is 0. The van der Waals surface area contributed by atoms with E-state index in [0.29, 0.717) is 0 Å². The van der Waals surface area contributed by atoms with Crippen LogP contribution in [-0.4, -0.2) is 205 Å². The van der Waals surface area contributed by atoms with Gasteiger partial charge in [-0.15, -0.1) is 0 Å². The molecule has 0 radical (unpaired) electrons. The van der Waals surface area contributed by atoms with Gasteiger partial charge in [0.05, 0.1) is 14.2 Å². The highest BCUT2D eigenvalue weighted by Crippen LogP contribution is 1.89. The zero-order valence-electron chi connectivity index (χ0n) is 91.1. The number of isocyanates is 4. The monoisotopic (exact) mass is 2030 g/mol. The summed E-state index contributed by atoms with van der Waals surface area (Å²) in [7, 11) is 27.2. The molecule has 0 saturated heterocycles. The second-order valence-corrected chi connectivity index (χ2v) is 23.6. The lowest BCUT2D eigenvalue weighted by atomic mass is 10.4. The molecule has 0 unspecified atom stereocenters. The van der Waals surface area contributed by atoms with E-state index in [1.807, 2.05) is 510 Å². The number of carbonyl (C=O) groups excluding carboxylic acids is 10. The van der Waals surface area contributed by atoms with E-state index < -0.39 is 12.2 Å². The number of aliphatic hydroxyl groups excluding tert-OH is 2. The Balaban J connectivity index is -0.0000000956. The Bertz CT molecular complexity index is 3240. The quantitative estimate of drug-likeness (QED) is 0.0496. The van der Waals surface area contributed by atoms with Gasteiger partial charge in [-0.25, -0.2) is 67.9 Å². The molecule has 806 valence electrons. The second-order valence-electron chi connectivity index (χ2n) is 23.6. The van der Waals surface area contributed by atoms with E-state index in [1.165, 1.54) is 101 Å². The normalized spacial score (nSPS) is 7.07. The number of nitrogens with zero attached hydrogens (tertiary/aromatic N) is 4. The van der Waals surface area contributed by atoms with Crippen LogP contribution in [0.2, 0.25) is 0 Å². The number of amides is 10. The Labute approximate surface area is 886 Å². The van der Waals surface area contributed by atoms with Crippen molar-refractivity contribution in [3.8, 4) is 0 Å². The summed E-state index contributed by atoms with van der Waals surface area (Å²) in [5.41, 5.74) is 4.50. The van der Waals surface area contributed by atoms with Crippen LogP contribution in [0, 0.1) is 0 Å². The molecule has 29 nitrogen and oxygen atoms in total. The third-order valence-corrected chi connectivity index (χ3v) is 12.3. The molecule has 10 amide bonds. The predicted molar refractivity (Wildman–Crippen MR) is 622 cm³/mol. The molecule has 0 fully saturated rings. The lowest BCUT2D eigenvalue weighted by Crippen LogP contribution is -2.28. The van der Waals surface area contributed by atoms with Gasteiger partial charge in [0, 0.05) is 113 Å². The fraction of sp³-hybridized carbons (Fsp3) is 0.210. The van der Waals surface area contributed by atoms with Crippen molar-refractivity contribution >= 4 is 60.6 Å². The largest absolute Gasteiger partial charge is 0.453 e. The molecule has 0 aliphatic carbocycles. The number of aliphatic hydroxyl groups is 2.